The monoisotopic (exact) mass is 416 g/mol. The molecule has 0 aliphatic rings. The van der Waals surface area contributed by atoms with Crippen molar-refractivity contribution in [2.45, 2.75) is 64.1 Å². The predicted molar refractivity (Wildman–Crippen MR) is 114 cm³/mol. The molecule has 0 fully saturated rings. The number of hydrogen-bond acceptors (Lipinski definition) is 7. The van der Waals surface area contributed by atoms with Crippen molar-refractivity contribution in [2.24, 2.45) is 5.92 Å². The van der Waals surface area contributed by atoms with Crippen LogP contribution in [0.5, 0.6) is 0 Å². The Morgan fingerprint density at radius 1 is 1.17 bits per heavy atom. The molecule has 2 heterocycles. The zero-order valence-electron chi connectivity index (χ0n) is 17.4. The Morgan fingerprint density at radius 3 is 2.72 bits per heavy atom. The summed E-state index contributed by atoms with van der Waals surface area (Å²) in [7, 11) is 0. The Balaban J connectivity index is 1.79. The molecule has 0 saturated carbocycles. The predicted octanol–water partition coefficient (Wildman–Crippen LogP) is 4.09. The van der Waals surface area contributed by atoms with Gasteiger partial charge in [0.05, 0.1) is 22.8 Å². The fourth-order valence-electron chi connectivity index (χ4n) is 2.92. The largest absolute Gasteiger partial charge is 0.379 e. The van der Waals surface area contributed by atoms with Crippen LogP contribution in [0.2, 0.25) is 0 Å². The van der Waals surface area contributed by atoms with Gasteiger partial charge in [0.1, 0.15) is 0 Å². The summed E-state index contributed by atoms with van der Waals surface area (Å²) in [6.07, 6.45) is 1.70. The van der Waals surface area contributed by atoms with Gasteiger partial charge in [-0.1, -0.05) is 42.9 Å². The fraction of sp³-hybridized carbons (Fsp3) is 0.524. The third-order valence-electron chi connectivity index (χ3n) is 4.23. The summed E-state index contributed by atoms with van der Waals surface area (Å²) in [6.45, 7) is 9.39. The summed E-state index contributed by atoms with van der Waals surface area (Å²) >= 11 is 1.44. The number of hydrogen-bond donors (Lipinski definition) is 0. The Kier molecular flexibility index (Phi) is 7.44. The van der Waals surface area contributed by atoms with Gasteiger partial charge in [-0.25, -0.2) is 4.98 Å². The van der Waals surface area contributed by atoms with Crippen molar-refractivity contribution < 1.29 is 9.26 Å². The van der Waals surface area contributed by atoms with Gasteiger partial charge in [-0.3, -0.25) is 9.36 Å². The van der Waals surface area contributed by atoms with E-state index in [1.807, 2.05) is 38.1 Å². The van der Waals surface area contributed by atoms with Crippen LogP contribution in [0.4, 0.5) is 0 Å². The molecule has 156 valence electrons. The maximum Gasteiger partial charge on any atom is 0.262 e. The van der Waals surface area contributed by atoms with E-state index in [2.05, 4.69) is 24.0 Å². The van der Waals surface area contributed by atoms with E-state index in [4.69, 9.17) is 14.2 Å². The van der Waals surface area contributed by atoms with E-state index >= 15 is 0 Å². The number of para-hydroxylation sites is 1. The van der Waals surface area contributed by atoms with E-state index < -0.39 is 0 Å². The fourth-order valence-corrected chi connectivity index (χ4v) is 3.78. The molecule has 2 aromatic heterocycles. The molecule has 0 spiro atoms. The first kappa shape index (κ1) is 21.5. The Morgan fingerprint density at radius 2 is 1.97 bits per heavy atom. The van der Waals surface area contributed by atoms with Crippen LogP contribution in [0.25, 0.3) is 10.9 Å². The molecule has 0 aliphatic heterocycles. The van der Waals surface area contributed by atoms with Gasteiger partial charge in [-0.2, -0.15) is 4.98 Å². The molecule has 0 N–H and O–H groups in total. The number of ether oxygens (including phenoxy) is 1. The molecule has 0 saturated heterocycles. The first-order valence-electron chi connectivity index (χ1n) is 9.99. The SMILES string of the molecule is CC(C)Cc1noc(CSc2nc3ccccc3c(=O)n2CCCOC(C)C)n1. The molecule has 3 aromatic rings. The third-order valence-corrected chi connectivity index (χ3v) is 5.19. The average molecular weight is 417 g/mol. The van der Waals surface area contributed by atoms with Gasteiger partial charge in [0.2, 0.25) is 5.89 Å². The summed E-state index contributed by atoms with van der Waals surface area (Å²) < 4.78 is 12.7. The Bertz CT molecular complexity index is 997. The highest BCUT2D eigenvalue weighted by molar-refractivity contribution is 7.98. The normalized spacial score (nSPS) is 11.8. The molecule has 3 rings (SSSR count). The van der Waals surface area contributed by atoms with E-state index in [1.54, 1.807) is 4.57 Å². The van der Waals surface area contributed by atoms with Crippen LogP contribution in [-0.4, -0.2) is 32.4 Å². The molecule has 0 atom stereocenters. The standard InChI is InChI=1S/C21H28N4O3S/c1-14(2)12-18-23-19(28-24-18)13-29-21-22-17-9-6-5-8-16(17)20(26)25(21)10-7-11-27-15(3)4/h5-6,8-9,14-15H,7,10-13H2,1-4H3. The maximum absolute atomic E-state index is 13.0. The molecule has 0 radical (unpaired) electrons. The Hall–Kier alpha value is -2.19. The quantitative estimate of drug-likeness (QED) is 0.280. The zero-order chi connectivity index (χ0) is 20.8. The van der Waals surface area contributed by atoms with Gasteiger partial charge in [-0.15, -0.1) is 0 Å². The molecule has 7 nitrogen and oxygen atoms in total. The minimum Gasteiger partial charge on any atom is -0.379 e. The van der Waals surface area contributed by atoms with Crippen LogP contribution in [0, 0.1) is 5.92 Å². The van der Waals surface area contributed by atoms with Crippen LogP contribution in [0.15, 0.2) is 38.7 Å². The van der Waals surface area contributed by atoms with E-state index in [1.165, 1.54) is 11.8 Å². The number of rotatable bonds is 10. The third kappa shape index (κ3) is 5.90. The van der Waals surface area contributed by atoms with Crippen LogP contribution < -0.4 is 5.56 Å². The smallest absolute Gasteiger partial charge is 0.262 e. The van der Waals surface area contributed by atoms with Gasteiger partial charge in [0, 0.05) is 19.6 Å². The van der Waals surface area contributed by atoms with Crippen LogP contribution in [0.3, 0.4) is 0 Å². The minimum absolute atomic E-state index is 0.0336. The lowest BCUT2D eigenvalue weighted by atomic mass is 10.1. The van der Waals surface area contributed by atoms with Crippen LogP contribution in [-0.2, 0) is 23.5 Å². The van der Waals surface area contributed by atoms with Crippen molar-refractivity contribution in [3.05, 3.63) is 46.3 Å². The number of nitrogens with zero attached hydrogens (tertiary/aromatic N) is 4. The summed E-state index contributed by atoms with van der Waals surface area (Å²) in [4.78, 5) is 22.2. The molecule has 0 amide bonds. The molecule has 8 heteroatoms. The van der Waals surface area contributed by atoms with Crippen molar-refractivity contribution in [3.63, 3.8) is 0 Å². The lowest BCUT2D eigenvalue weighted by molar-refractivity contribution is 0.0743. The average Bonchev–Trinajstić information content (AvgIpc) is 3.11. The summed E-state index contributed by atoms with van der Waals surface area (Å²) in [5, 5.41) is 5.31. The molecular weight excluding hydrogens is 388 g/mol. The molecule has 1 aromatic carbocycles. The highest BCUT2D eigenvalue weighted by atomic mass is 32.2. The zero-order valence-corrected chi connectivity index (χ0v) is 18.2. The van der Waals surface area contributed by atoms with Crippen molar-refractivity contribution in [2.75, 3.05) is 6.61 Å². The molecular formula is C21H28N4O3S. The summed E-state index contributed by atoms with van der Waals surface area (Å²) in [5.74, 6) is 2.19. The summed E-state index contributed by atoms with van der Waals surface area (Å²) in [5.41, 5.74) is 0.661. The van der Waals surface area contributed by atoms with Crippen molar-refractivity contribution in [1.29, 1.82) is 0 Å². The highest BCUT2D eigenvalue weighted by Gasteiger charge is 2.14. The number of benzene rings is 1. The lowest BCUT2D eigenvalue weighted by Crippen LogP contribution is -2.24. The van der Waals surface area contributed by atoms with E-state index in [-0.39, 0.29) is 11.7 Å². The lowest BCUT2D eigenvalue weighted by Gasteiger charge is -2.13. The van der Waals surface area contributed by atoms with Crippen molar-refractivity contribution in [1.82, 2.24) is 19.7 Å². The molecule has 29 heavy (non-hydrogen) atoms. The molecule has 0 unspecified atom stereocenters. The van der Waals surface area contributed by atoms with Gasteiger partial charge in [-0.05, 0) is 38.3 Å². The minimum atomic E-state index is -0.0336. The van der Waals surface area contributed by atoms with Crippen LogP contribution in [0.1, 0.15) is 45.8 Å². The second-order valence-electron chi connectivity index (χ2n) is 7.63. The maximum atomic E-state index is 13.0. The summed E-state index contributed by atoms with van der Waals surface area (Å²) in [6, 6.07) is 7.43. The Labute approximate surface area is 174 Å². The first-order chi connectivity index (χ1) is 13.9. The second-order valence-corrected chi connectivity index (χ2v) is 8.57. The molecule has 0 bridgehead atoms. The van der Waals surface area contributed by atoms with E-state index in [0.717, 1.165) is 12.8 Å². The molecule has 0 aliphatic carbocycles. The number of aromatic nitrogens is 4. The second kappa shape index (κ2) is 10.0. The van der Waals surface area contributed by atoms with Crippen molar-refractivity contribution >= 4 is 22.7 Å². The highest BCUT2D eigenvalue weighted by Crippen LogP contribution is 2.22. The first-order valence-corrected chi connectivity index (χ1v) is 11.0. The van der Waals surface area contributed by atoms with Crippen molar-refractivity contribution in [3.8, 4) is 0 Å². The number of thioether (sulfide) groups is 1. The van der Waals surface area contributed by atoms with Gasteiger partial charge < -0.3 is 9.26 Å². The number of fused-ring (bicyclic) bond motifs is 1. The van der Waals surface area contributed by atoms with Crippen LogP contribution >= 0.6 is 11.8 Å². The topological polar surface area (TPSA) is 83.0 Å². The van der Waals surface area contributed by atoms with E-state index in [0.29, 0.717) is 52.6 Å². The van der Waals surface area contributed by atoms with E-state index in [9.17, 15) is 4.79 Å². The van der Waals surface area contributed by atoms with Gasteiger partial charge in [0.25, 0.3) is 5.56 Å². The van der Waals surface area contributed by atoms with Gasteiger partial charge >= 0.3 is 0 Å². The van der Waals surface area contributed by atoms with Gasteiger partial charge in [0.15, 0.2) is 11.0 Å².